The quantitative estimate of drug-likeness (QED) is 0.272. The van der Waals surface area contributed by atoms with Gasteiger partial charge in [0, 0.05) is 25.4 Å². The van der Waals surface area contributed by atoms with Gasteiger partial charge >= 0.3 is 0 Å². The summed E-state index contributed by atoms with van der Waals surface area (Å²) in [6.07, 6.45) is 2.35. The molecule has 1 aliphatic rings. The number of fused-ring (bicyclic) bond motifs is 1. The van der Waals surface area contributed by atoms with Crippen LogP contribution in [0.2, 0.25) is 0 Å². The fourth-order valence-electron chi connectivity index (χ4n) is 5.12. The maximum atomic E-state index is 13.1. The van der Waals surface area contributed by atoms with Gasteiger partial charge in [-0.1, -0.05) is 42.0 Å². The Labute approximate surface area is 212 Å². The third-order valence-corrected chi connectivity index (χ3v) is 6.91. The van der Waals surface area contributed by atoms with E-state index in [4.69, 9.17) is 14.5 Å². The number of rotatable bonds is 9. The molecule has 1 aliphatic heterocycles. The van der Waals surface area contributed by atoms with Crippen molar-refractivity contribution in [1.29, 1.82) is 0 Å². The summed E-state index contributed by atoms with van der Waals surface area (Å²) < 4.78 is 13.9. The summed E-state index contributed by atoms with van der Waals surface area (Å²) in [5, 5.41) is 0. The Morgan fingerprint density at radius 1 is 0.972 bits per heavy atom. The molecule has 1 fully saturated rings. The number of ether oxygens (including phenoxy) is 2. The molecule has 6 heteroatoms. The van der Waals surface area contributed by atoms with Crippen LogP contribution in [0, 0.1) is 13.8 Å². The van der Waals surface area contributed by atoms with E-state index in [9.17, 15) is 4.79 Å². The highest BCUT2D eigenvalue weighted by atomic mass is 16.5. The number of imidazole rings is 1. The number of carbonyl (C=O) groups excluding carboxylic acids is 1. The molecule has 0 saturated carbocycles. The number of hydrogen-bond donors (Lipinski definition) is 0. The third-order valence-electron chi connectivity index (χ3n) is 6.91. The van der Waals surface area contributed by atoms with Gasteiger partial charge in [-0.15, -0.1) is 0 Å². The Morgan fingerprint density at radius 3 is 2.61 bits per heavy atom. The van der Waals surface area contributed by atoms with Crippen molar-refractivity contribution in [2.24, 2.45) is 0 Å². The summed E-state index contributed by atoms with van der Waals surface area (Å²) in [7, 11) is 1.64. The first-order valence-corrected chi connectivity index (χ1v) is 12.6. The fraction of sp³-hybridized carbons (Fsp3) is 0.333. The van der Waals surface area contributed by atoms with Gasteiger partial charge in [0.05, 0.1) is 30.4 Å². The van der Waals surface area contributed by atoms with Gasteiger partial charge in [-0.3, -0.25) is 4.79 Å². The molecule has 0 radical (unpaired) electrons. The second-order valence-electron chi connectivity index (χ2n) is 9.51. The Balaban J connectivity index is 1.30. The van der Waals surface area contributed by atoms with Gasteiger partial charge in [0.2, 0.25) is 5.91 Å². The van der Waals surface area contributed by atoms with Gasteiger partial charge in [-0.05, 0) is 62.6 Å². The average Bonchev–Trinajstić information content (AvgIpc) is 3.45. The Bertz CT molecular complexity index is 1380. The van der Waals surface area contributed by atoms with Crippen LogP contribution in [0.25, 0.3) is 11.0 Å². The number of aromatic nitrogens is 2. The van der Waals surface area contributed by atoms with Crippen molar-refractivity contribution in [2.45, 2.75) is 45.6 Å². The summed E-state index contributed by atoms with van der Waals surface area (Å²) in [6.45, 7) is 6.29. The van der Waals surface area contributed by atoms with Gasteiger partial charge < -0.3 is 18.9 Å². The van der Waals surface area contributed by atoms with Gasteiger partial charge in [-0.2, -0.15) is 0 Å². The molecule has 36 heavy (non-hydrogen) atoms. The zero-order chi connectivity index (χ0) is 25.1. The van der Waals surface area contributed by atoms with Crippen molar-refractivity contribution in [3.63, 3.8) is 0 Å². The molecule has 1 amide bonds. The van der Waals surface area contributed by atoms with Crippen LogP contribution in [0.4, 0.5) is 5.69 Å². The number of methoxy groups -OCH3 is 1. The molecule has 0 spiro atoms. The van der Waals surface area contributed by atoms with Gasteiger partial charge in [0.15, 0.2) is 0 Å². The number of benzene rings is 3. The lowest BCUT2D eigenvalue weighted by molar-refractivity contribution is -0.117. The first kappa shape index (κ1) is 23.9. The molecule has 1 atom stereocenters. The van der Waals surface area contributed by atoms with E-state index in [-0.39, 0.29) is 11.8 Å². The predicted molar refractivity (Wildman–Crippen MR) is 143 cm³/mol. The van der Waals surface area contributed by atoms with E-state index in [0.717, 1.165) is 47.7 Å². The summed E-state index contributed by atoms with van der Waals surface area (Å²) in [6, 6.07) is 22.2. The second-order valence-corrected chi connectivity index (χ2v) is 9.51. The van der Waals surface area contributed by atoms with E-state index in [1.165, 1.54) is 11.1 Å². The van der Waals surface area contributed by atoms with Crippen molar-refractivity contribution in [3.05, 3.63) is 83.7 Å². The molecule has 1 unspecified atom stereocenters. The Hall–Kier alpha value is -3.80. The molecule has 0 N–H and O–H groups in total. The molecule has 1 saturated heterocycles. The minimum Gasteiger partial charge on any atom is -0.495 e. The third kappa shape index (κ3) is 4.81. The minimum absolute atomic E-state index is 0.0290. The molecule has 186 valence electrons. The Morgan fingerprint density at radius 2 is 1.78 bits per heavy atom. The van der Waals surface area contributed by atoms with Gasteiger partial charge in [-0.25, -0.2) is 4.98 Å². The minimum atomic E-state index is 0.0290. The van der Waals surface area contributed by atoms with Crippen molar-refractivity contribution >= 4 is 22.6 Å². The Kier molecular flexibility index (Phi) is 6.94. The van der Waals surface area contributed by atoms with Crippen LogP contribution in [-0.4, -0.2) is 35.7 Å². The van der Waals surface area contributed by atoms with Crippen LogP contribution in [0.15, 0.2) is 66.7 Å². The largest absolute Gasteiger partial charge is 0.495 e. The lowest BCUT2D eigenvalue weighted by Crippen LogP contribution is -2.25. The first-order chi connectivity index (χ1) is 17.5. The number of para-hydroxylation sites is 4. The smallest absolute Gasteiger partial charge is 0.227 e. The number of aryl methyl sites for hydroxylation is 3. The molecular formula is C30H33N3O3. The number of hydrogen-bond acceptors (Lipinski definition) is 4. The number of anilines is 1. The highest BCUT2D eigenvalue weighted by Crippen LogP contribution is 2.37. The lowest BCUT2D eigenvalue weighted by Gasteiger charge is -2.20. The first-order valence-electron chi connectivity index (χ1n) is 12.6. The highest BCUT2D eigenvalue weighted by molar-refractivity contribution is 5.97. The summed E-state index contributed by atoms with van der Waals surface area (Å²) in [4.78, 5) is 19.9. The van der Waals surface area contributed by atoms with E-state index in [2.05, 4.69) is 48.7 Å². The SMILES string of the molecule is COc1ccccc1N1CC(c2nc3ccccc3n2CCCCOc2ccc(C)cc2C)CC1=O. The van der Waals surface area contributed by atoms with Crippen molar-refractivity contribution < 1.29 is 14.3 Å². The van der Waals surface area contributed by atoms with Crippen LogP contribution in [-0.2, 0) is 11.3 Å². The zero-order valence-corrected chi connectivity index (χ0v) is 21.2. The number of amides is 1. The monoisotopic (exact) mass is 483 g/mol. The molecule has 2 heterocycles. The molecule has 4 aromatic rings. The summed E-state index contributed by atoms with van der Waals surface area (Å²) in [5.74, 6) is 2.78. The van der Waals surface area contributed by atoms with Crippen molar-refractivity contribution in [1.82, 2.24) is 9.55 Å². The topological polar surface area (TPSA) is 56.6 Å². The van der Waals surface area contributed by atoms with Gasteiger partial charge in [0.1, 0.15) is 17.3 Å². The highest BCUT2D eigenvalue weighted by Gasteiger charge is 2.35. The van der Waals surface area contributed by atoms with E-state index < -0.39 is 0 Å². The van der Waals surface area contributed by atoms with Crippen LogP contribution in [0.3, 0.4) is 0 Å². The molecule has 3 aromatic carbocycles. The lowest BCUT2D eigenvalue weighted by atomic mass is 10.1. The maximum Gasteiger partial charge on any atom is 0.227 e. The van der Waals surface area contributed by atoms with E-state index in [1.54, 1.807) is 7.11 Å². The van der Waals surface area contributed by atoms with Gasteiger partial charge in [0.25, 0.3) is 0 Å². The van der Waals surface area contributed by atoms with Crippen LogP contribution < -0.4 is 14.4 Å². The summed E-state index contributed by atoms with van der Waals surface area (Å²) >= 11 is 0. The van der Waals surface area contributed by atoms with E-state index >= 15 is 0 Å². The van der Waals surface area contributed by atoms with Crippen LogP contribution in [0.5, 0.6) is 11.5 Å². The maximum absolute atomic E-state index is 13.1. The van der Waals surface area contributed by atoms with Crippen molar-refractivity contribution in [3.8, 4) is 11.5 Å². The second kappa shape index (κ2) is 10.4. The molecule has 6 nitrogen and oxygen atoms in total. The average molecular weight is 484 g/mol. The number of carbonyl (C=O) groups is 1. The molecule has 0 aliphatic carbocycles. The standard InChI is InChI=1S/C30H33N3O3/c1-21-14-15-27(22(2)18-21)36-17-9-8-16-32-25-11-5-4-10-24(25)31-30(32)23-19-29(34)33(20-23)26-12-6-7-13-28(26)35-3/h4-7,10-15,18,23H,8-9,16-17,19-20H2,1-3H3. The summed E-state index contributed by atoms with van der Waals surface area (Å²) in [5.41, 5.74) is 5.32. The molecule has 1 aromatic heterocycles. The van der Waals surface area contributed by atoms with Crippen molar-refractivity contribution in [2.75, 3.05) is 25.2 Å². The van der Waals surface area contributed by atoms with Crippen LogP contribution in [0.1, 0.15) is 42.1 Å². The van der Waals surface area contributed by atoms with E-state index in [1.807, 2.05) is 41.3 Å². The zero-order valence-electron chi connectivity index (χ0n) is 21.2. The van der Waals surface area contributed by atoms with E-state index in [0.29, 0.717) is 25.3 Å². The number of nitrogens with zero attached hydrogens (tertiary/aromatic N) is 3. The van der Waals surface area contributed by atoms with Crippen LogP contribution >= 0.6 is 0 Å². The predicted octanol–water partition coefficient (Wildman–Crippen LogP) is 6.04. The fourth-order valence-corrected chi connectivity index (χ4v) is 5.12. The molecule has 5 rings (SSSR count). The molecular weight excluding hydrogens is 450 g/mol. The number of unbranched alkanes of at least 4 members (excludes halogenated alkanes) is 1. The normalized spacial score (nSPS) is 15.6. The molecule has 0 bridgehead atoms.